The molecule has 1 aliphatic heterocycles. The number of nitroso groups, excluding NO2 is 4. The van der Waals surface area contributed by atoms with Crippen molar-refractivity contribution >= 4 is 17.1 Å². The first-order chi connectivity index (χ1) is 12.5. The third-order valence-corrected chi connectivity index (χ3v) is 3.80. The van der Waals surface area contributed by atoms with Gasteiger partial charge in [-0.15, -0.1) is 19.6 Å². The lowest BCUT2D eigenvalue weighted by molar-refractivity contribution is 0.0665. The van der Waals surface area contributed by atoms with Gasteiger partial charge in [-0.2, -0.15) is 0 Å². The minimum absolute atomic E-state index is 0.00500. The van der Waals surface area contributed by atoms with Crippen LogP contribution >= 0.6 is 0 Å². The second-order valence-electron chi connectivity index (χ2n) is 5.40. The van der Waals surface area contributed by atoms with Crippen molar-refractivity contribution in [2.45, 2.75) is 18.9 Å². The van der Waals surface area contributed by atoms with Crippen LogP contribution in [0.2, 0.25) is 0 Å². The number of hydrogen-bond donors (Lipinski definition) is 1. The number of aliphatic hydroxyl groups is 1. The summed E-state index contributed by atoms with van der Waals surface area (Å²) in [6.45, 7) is 3.73. The van der Waals surface area contributed by atoms with E-state index in [0.29, 0.717) is 17.6 Å². The predicted molar refractivity (Wildman–Crippen MR) is 94.5 cm³/mol. The highest BCUT2D eigenvalue weighted by molar-refractivity contribution is 5.76. The van der Waals surface area contributed by atoms with Gasteiger partial charge in [0.1, 0.15) is 22.8 Å². The van der Waals surface area contributed by atoms with Crippen LogP contribution in [0.25, 0.3) is 0 Å². The van der Waals surface area contributed by atoms with Crippen molar-refractivity contribution in [3.8, 4) is 0 Å². The van der Waals surface area contributed by atoms with E-state index in [2.05, 4.69) is 27.3 Å². The molecule has 0 aliphatic carbocycles. The Kier molecular flexibility index (Phi) is 6.28. The third kappa shape index (κ3) is 4.16. The van der Waals surface area contributed by atoms with Gasteiger partial charge in [-0.05, 0) is 62.9 Å². The summed E-state index contributed by atoms with van der Waals surface area (Å²) in [5.74, 6) is -0.215. The number of rotatable bonds is 5. The van der Waals surface area contributed by atoms with Gasteiger partial charge in [0.15, 0.2) is 5.69 Å². The fraction of sp³-hybridized carbons (Fsp3) is 0.250. The van der Waals surface area contributed by atoms with E-state index in [0.717, 1.165) is 0 Å². The molecule has 1 aliphatic rings. The molecule has 0 unspecified atom stereocenters. The molecule has 1 atom stereocenters. The Labute approximate surface area is 147 Å². The van der Waals surface area contributed by atoms with E-state index in [1.165, 1.54) is 24.3 Å². The van der Waals surface area contributed by atoms with Crippen molar-refractivity contribution in [1.29, 1.82) is 0 Å². The summed E-state index contributed by atoms with van der Waals surface area (Å²) in [5.41, 5.74) is -0.363. The molecule has 1 heterocycles. The van der Waals surface area contributed by atoms with E-state index in [1.54, 1.807) is 0 Å². The molecule has 26 heavy (non-hydrogen) atoms. The second-order valence-corrected chi connectivity index (χ2v) is 5.40. The first-order valence-corrected chi connectivity index (χ1v) is 7.46. The van der Waals surface area contributed by atoms with Crippen molar-refractivity contribution in [3.63, 3.8) is 0 Å². The Morgan fingerprint density at radius 1 is 1.04 bits per heavy atom. The molecule has 0 amide bonds. The minimum Gasteiger partial charge on any atom is -0.508 e. The van der Waals surface area contributed by atoms with Crippen LogP contribution < -0.4 is 0 Å². The lowest BCUT2D eigenvalue weighted by atomic mass is 9.98. The first kappa shape index (κ1) is 18.9. The maximum atomic E-state index is 10.9. The van der Waals surface area contributed by atoms with Gasteiger partial charge in [0.2, 0.25) is 0 Å². The Hall–Kier alpha value is -3.40. The number of ether oxygens (including phenoxy) is 1. The lowest BCUT2D eigenvalue weighted by Gasteiger charge is -2.19. The van der Waals surface area contributed by atoms with Crippen LogP contribution in [0.5, 0.6) is 0 Å². The average molecular weight is 358 g/mol. The zero-order valence-electron chi connectivity index (χ0n) is 13.5. The summed E-state index contributed by atoms with van der Waals surface area (Å²) >= 11 is 0. The molecule has 2 rings (SSSR count). The van der Waals surface area contributed by atoms with Crippen molar-refractivity contribution in [1.82, 2.24) is 0 Å². The normalized spacial score (nSPS) is 22.3. The maximum absolute atomic E-state index is 10.9. The Morgan fingerprint density at radius 3 is 2.23 bits per heavy atom. The molecule has 0 saturated heterocycles. The van der Waals surface area contributed by atoms with Gasteiger partial charge < -0.3 is 9.84 Å². The molecule has 1 aromatic rings. The Morgan fingerprint density at radius 2 is 1.69 bits per heavy atom. The average Bonchev–Trinajstić information content (AvgIpc) is 2.66. The maximum Gasteiger partial charge on any atom is 0.166 e. The molecule has 0 radical (unpaired) electrons. The lowest BCUT2D eigenvalue weighted by Crippen LogP contribution is -2.07. The van der Waals surface area contributed by atoms with Crippen molar-refractivity contribution < 1.29 is 9.84 Å². The van der Waals surface area contributed by atoms with Crippen LogP contribution in [-0.2, 0) is 4.74 Å². The van der Waals surface area contributed by atoms with Crippen LogP contribution in [0, 0.1) is 19.6 Å². The molecule has 10 heteroatoms. The van der Waals surface area contributed by atoms with Gasteiger partial charge in [-0.3, -0.25) is 0 Å². The number of allylic oxidation sites excluding steroid dienone is 2. The topological polar surface area (TPSA) is 147 Å². The van der Waals surface area contributed by atoms with E-state index in [9.17, 15) is 24.7 Å². The second kappa shape index (κ2) is 8.62. The minimum atomic E-state index is -0.650. The van der Waals surface area contributed by atoms with Gasteiger partial charge in [0.05, 0.1) is 12.7 Å². The molecule has 1 aromatic carbocycles. The molecule has 1 N–H and O–H groups in total. The quantitative estimate of drug-likeness (QED) is 0.698. The van der Waals surface area contributed by atoms with Gasteiger partial charge in [0, 0.05) is 6.08 Å². The SMILES string of the molecule is C=C1CC[C@@H](c2cc(N=O)c(N=O)c(N=O)c2)OC/C=C(O)\C=C/1N=O. The van der Waals surface area contributed by atoms with Crippen LogP contribution in [-0.4, -0.2) is 11.7 Å². The monoisotopic (exact) mass is 358 g/mol. The molecule has 134 valence electrons. The summed E-state index contributed by atoms with van der Waals surface area (Å²) in [7, 11) is 0. The molecule has 0 bridgehead atoms. The summed E-state index contributed by atoms with van der Waals surface area (Å²) in [5, 5.41) is 20.6. The molecular formula is C16H14N4O6. The standard InChI is InChI=1S/C16H14N4O6/c1-9-2-3-15(26-5-4-11(21)8-12(9)17-22)10-6-13(18-23)16(20-25)14(7-10)19-24/h4,6-8,15,21H,1-3,5H2/b11-4+,12-8+/t15-/m0/s1. The van der Waals surface area contributed by atoms with Crippen LogP contribution in [0.4, 0.5) is 17.1 Å². The first-order valence-electron chi connectivity index (χ1n) is 7.46. The Balaban J connectivity index is 2.42. The number of nitrogens with zero attached hydrogens (tertiary/aromatic N) is 4. The van der Waals surface area contributed by atoms with E-state index in [1.807, 2.05) is 0 Å². The summed E-state index contributed by atoms with van der Waals surface area (Å²) < 4.78 is 5.65. The highest BCUT2D eigenvalue weighted by Gasteiger charge is 2.21. The predicted octanol–water partition coefficient (Wildman–Crippen LogP) is 5.38. The van der Waals surface area contributed by atoms with Crippen LogP contribution in [0.15, 0.2) is 68.6 Å². The summed E-state index contributed by atoms with van der Waals surface area (Å²) in [4.78, 5) is 43.6. The van der Waals surface area contributed by atoms with Gasteiger partial charge in [-0.25, -0.2) is 0 Å². The zero-order chi connectivity index (χ0) is 19.1. The molecule has 10 nitrogen and oxygen atoms in total. The highest BCUT2D eigenvalue weighted by Crippen LogP contribution is 2.41. The van der Waals surface area contributed by atoms with Crippen molar-refractivity contribution in [3.05, 3.63) is 73.1 Å². The van der Waals surface area contributed by atoms with E-state index in [4.69, 9.17) is 4.74 Å². The van der Waals surface area contributed by atoms with Gasteiger partial charge >= 0.3 is 0 Å². The summed E-state index contributed by atoms with van der Waals surface area (Å²) in [6.07, 6.45) is 2.47. The van der Waals surface area contributed by atoms with Crippen molar-refractivity contribution in [2.75, 3.05) is 6.61 Å². The largest absolute Gasteiger partial charge is 0.508 e. The van der Waals surface area contributed by atoms with E-state index < -0.39 is 11.8 Å². The molecule has 0 saturated carbocycles. The number of benzene rings is 1. The summed E-state index contributed by atoms with van der Waals surface area (Å²) in [6, 6.07) is 2.55. The highest BCUT2D eigenvalue weighted by atomic mass is 16.5. The fourth-order valence-corrected chi connectivity index (χ4v) is 2.47. The molecule has 0 spiro atoms. The van der Waals surface area contributed by atoms with Crippen molar-refractivity contribution in [2.24, 2.45) is 20.7 Å². The molecular weight excluding hydrogens is 344 g/mol. The van der Waals surface area contributed by atoms with E-state index in [-0.39, 0.29) is 35.9 Å². The number of aliphatic hydroxyl groups excluding tert-OH is 1. The van der Waals surface area contributed by atoms with Gasteiger partial charge in [0.25, 0.3) is 0 Å². The molecule has 0 fully saturated rings. The Bertz CT molecular complexity index is 801. The number of hydrogen-bond acceptors (Lipinski definition) is 10. The third-order valence-electron chi connectivity index (χ3n) is 3.80. The molecule has 0 aromatic heterocycles. The van der Waals surface area contributed by atoms with Gasteiger partial charge in [-0.1, -0.05) is 6.58 Å². The smallest absolute Gasteiger partial charge is 0.166 e. The fourth-order valence-electron chi connectivity index (χ4n) is 2.47. The van der Waals surface area contributed by atoms with Crippen LogP contribution in [0.1, 0.15) is 24.5 Å². The van der Waals surface area contributed by atoms with Crippen LogP contribution in [0.3, 0.4) is 0 Å². The zero-order valence-corrected chi connectivity index (χ0v) is 13.5. The van der Waals surface area contributed by atoms with E-state index >= 15 is 0 Å².